The van der Waals surface area contributed by atoms with Crippen LogP contribution in [0.2, 0.25) is 0 Å². The minimum atomic E-state index is -2.90. The van der Waals surface area contributed by atoms with Crippen LogP contribution in [0, 0.1) is 0 Å². The summed E-state index contributed by atoms with van der Waals surface area (Å²) in [6.45, 7) is 6.63. The van der Waals surface area contributed by atoms with Gasteiger partial charge in [-0.2, -0.15) is 0 Å². The number of halogens is 1. The van der Waals surface area contributed by atoms with E-state index in [-0.39, 0.29) is 5.75 Å². The van der Waals surface area contributed by atoms with Crippen LogP contribution in [0.3, 0.4) is 0 Å². The van der Waals surface area contributed by atoms with Crippen LogP contribution in [0.4, 0.5) is 0 Å². The Hall–Kier alpha value is -1.12. The van der Waals surface area contributed by atoms with Crippen LogP contribution in [0.5, 0.6) is 0 Å². The summed E-state index contributed by atoms with van der Waals surface area (Å²) >= 11 is 3.49. The smallest absolute Gasteiger partial charge is 0.193 e. The van der Waals surface area contributed by atoms with Gasteiger partial charge in [-0.15, -0.1) is 0 Å². The molecule has 1 heterocycles. The summed E-state index contributed by atoms with van der Waals surface area (Å²) in [5, 5.41) is 3.28. The fourth-order valence-electron chi connectivity index (χ4n) is 3.14. The second-order valence-corrected chi connectivity index (χ2v) is 9.88. The summed E-state index contributed by atoms with van der Waals surface area (Å²) in [6.07, 6.45) is 1.87. The second-order valence-electron chi connectivity index (χ2n) is 6.71. The lowest BCUT2D eigenvalue weighted by molar-refractivity contribution is 0.138. The Kier molecular flexibility index (Phi) is 7.91. The zero-order chi connectivity index (χ0) is 19.2. The Morgan fingerprint density at radius 1 is 1.23 bits per heavy atom. The first-order valence-electron chi connectivity index (χ1n) is 8.93. The summed E-state index contributed by atoms with van der Waals surface area (Å²) in [5.74, 6) is 1.06. The van der Waals surface area contributed by atoms with Crippen molar-refractivity contribution in [3.63, 3.8) is 0 Å². The summed E-state index contributed by atoms with van der Waals surface area (Å²) in [6, 6.07) is 8.90. The molecule has 0 spiro atoms. The maximum Gasteiger partial charge on any atom is 0.193 e. The standard InChI is InChI=1S/C18H29BrN4O2S/c1-15(16-5-7-17(19)8-6-16)22-10-12-23(13-11-22)18(20-2)21-9-4-14-26(3,24)25/h5-8,15H,4,9-14H2,1-3H3,(H,20,21). The van der Waals surface area contributed by atoms with Crippen molar-refractivity contribution < 1.29 is 8.42 Å². The Morgan fingerprint density at radius 2 is 1.85 bits per heavy atom. The predicted molar refractivity (Wildman–Crippen MR) is 111 cm³/mol. The summed E-state index contributed by atoms with van der Waals surface area (Å²) in [4.78, 5) is 9.07. The average molecular weight is 445 g/mol. The van der Waals surface area contributed by atoms with Gasteiger partial charge < -0.3 is 10.2 Å². The van der Waals surface area contributed by atoms with E-state index in [1.54, 1.807) is 7.05 Å². The van der Waals surface area contributed by atoms with Crippen molar-refractivity contribution in [2.75, 3.05) is 51.8 Å². The van der Waals surface area contributed by atoms with Crippen molar-refractivity contribution in [2.24, 2.45) is 4.99 Å². The Balaban J connectivity index is 1.81. The molecule has 1 fully saturated rings. The van der Waals surface area contributed by atoms with Gasteiger partial charge in [-0.25, -0.2) is 8.42 Å². The molecule has 6 nitrogen and oxygen atoms in total. The van der Waals surface area contributed by atoms with Gasteiger partial charge in [0.1, 0.15) is 9.84 Å². The number of aliphatic imine (C=N–C) groups is 1. The van der Waals surface area contributed by atoms with Gasteiger partial charge in [0.15, 0.2) is 5.96 Å². The first-order valence-corrected chi connectivity index (χ1v) is 11.8. The predicted octanol–water partition coefficient (Wildman–Crippen LogP) is 2.14. The lowest BCUT2D eigenvalue weighted by Crippen LogP contribution is -2.53. The molecule has 0 saturated carbocycles. The van der Waals surface area contributed by atoms with Gasteiger partial charge in [0.05, 0.1) is 5.75 Å². The summed E-state index contributed by atoms with van der Waals surface area (Å²) in [7, 11) is -1.13. The summed E-state index contributed by atoms with van der Waals surface area (Å²) in [5.41, 5.74) is 1.32. The van der Waals surface area contributed by atoms with E-state index in [4.69, 9.17) is 0 Å². The molecule has 0 aliphatic carbocycles. The third-order valence-electron chi connectivity index (χ3n) is 4.70. The highest BCUT2D eigenvalue weighted by Gasteiger charge is 2.23. The van der Waals surface area contributed by atoms with Crippen molar-refractivity contribution in [1.29, 1.82) is 0 Å². The molecule has 1 aliphatic rings. The van der Waals surface area contributed by atoms with Crippen LogP contribution < -0.4 is 5.32 Å². The fraction of sp³-hybridized carbons (Fsp3) is 0.611. The normalized spacial score (nSPS) is 18.0. The summed E-state index contributed by atoms with van der Waals surface area (Å²) < 4.78 is 23.5. The van der Waals surface area contributed by atoms with E-state index >= 15 is 0 Å². The van der Waals surface area contributed by atoms with Gasteiger partial charge in [0.25, 0.3) is 0 Å². The molecular weight excluding hydrogens is 416 g/mol. The van der Waals surface area contributed by atoms with Crippen LogP contribution >= 0.6 is 15.9 Å². The van der Waals surface area contributed by atoms with E-state index in [2.05, 4.69) is 67.2 Å². The number of nitrogens with one attached hydrogen (secondary N) is 1. The number of benzene rings is 1. The Labute approximate surface area is 165 Å². The van der Waals surface area contributed by atoms with Gasteiger partial charge in [-0.05, 0) is 31.0 Å². The van der Waals surface area contributed by atoms with Crippen LogP contribution in [0.15, 0.2) is 33.7 Å². The zero-order valence-electron chi connectivity index (χ0n) is 15.8. The lowest BCUT2D eigenvalue weighted by Gasteiger charge is -2.39. The fourth-order valence-corrected chi connectivity index (χ4v) is 4.07. The third kappa shape index (κ3) is 6.55. The van der Waals surface area contributed by atoms with Gasteiger partial charge in [-0.1, -0.05) is 28.1 Å². The molecule has 0 amide bonds. The van der Waals surface area contributed by atoms with E-state index in [0.29, 0.717) is 19.0 Å². The molecule has 8 heteroatoms. The third-order valence-corrected chi connectivity index (χ3v) is 6.26. The van der Waals surface area contributed by atoms with Gasteiger partial charge in [0.2, 0.25) is 0 Å². The van der Waals surface area contributed by atoms with E-state index in [9.17, 15) is 8.42 Å². The van der Waals surface area contributed by atoms with Crippen molar-refractivity contribution in [1.82, 2.24) is 15.1 Å². The molecule has 1 saturated heterocycles. The lowest BCUT2D eigenvalue weighted by atomic mass is 10.1. The highest BCUT2D eigenvalue weighted by molar-refractivity contribution is 9.10. The Bertz CT molecular complexity index is 698. The highest BCUT2D eigenvalue weighted by Crippen LogP contribution is 2.23. The molecule has 1 aromatic carbocycles. The molecule has 2 rings (SSSR count). The number of piperazine rings is 1. The van der Waals surface area contributed by atoms with Gasteiger partial charge in [-0.3, -0.25) is 9.89 Å². The highest BCUT2D eigenvalue weighted by atomic mass is 79.9. The SMILES string of the molecule is CN=C(NCCCS(C)(=O)=O)N1CCN(C(C)c2ccc(Br)cc2)CC1. The van der Waals surface area contributed by atoms with Crippen LogP contribution in [-0.4, -0.2) is 76.0 Å². The van der Waals surface area contributed by atoms with Crippen LogP contribution in [0.25, 0.3) is 0 Å². The Morgan fingerprint density at radius 3 is 2.38 bits per heavy atom. The number of guanidine groups is 1. The topological polar surface area (TPSA) is 65.0 Å². The molecule has 0 bridgehead atoms. The molecule has 0 aromatic heterocycles. The monoisotopic (exact) mass is 444 g/mol. The van der Waals surface area contributed by atoms with Crippen molar-refractivity contribution >= 4 is 31.7 Å². The second kappa shape index (κ2) is 9.71. The molecule has 1 unspecified atom stereocenters. The first kappa shape index (κ1) is 21.2. The van der Waals surface area contributed by atoms with Crippen LogP contribution in [-0.2, 0) is 9.84 Å². The van der Waals surface area contributed by atoms with Gasteiger partial charge in [0, 0.05) is 56.5 Å². The first-order chi connectivity index (χ1) is 12.3. The van der Waals surface area contributed by atoms with E-state index < -0.39 is 9.84 Å². The average Bonchev–Trinajstić information content (AvgIpc) is 2.61. The number of hydrogen-bond acceptors (Lipinski definition) is 4. The maximum absolute atomic E-state index is 11.2. The van der Waals surface area contributed by atoms with Crippen molar-refractivity contribution in [2.45, 2.75) is 19.4 Å². The van der Waals surface area contributed by atoms with E-state index in [0.717, 1.165) is 36.6 Å². The molecule has 1 N–H and O–H groups in total. The zero-order valence-corrected chi connectivity index (χ0v) is 18.2. The molecule has 26 heavy (non-hydrogen) atoms. The van der Waals surface area contributed by atoms with Crippen molar-refractivity contribution in [3.8, 4) is 0 Å². The quantitative estimate of drug-likeness (QED) is 0.413. The minimum Gasteiger partial charge on any atom is -0.356 e. The van der Waals surface area contributed by atoms with E-state index in [1.807, 2.05) is 0 Å². The van der Waals surface area contributed by atoms with Gasteiger partial charge >= 0.3 is 0 Å². The molecule has 146 valence electrons. The van der Waals surface area contributed by atoms with Crippen LogP contribution in [0.1, 0.15) is 24.9 Å². The number of sulfone groups is 1. The molecule has 1 aromatic rings. The van der Waals surface area contributed by atoms with E-state index in [1.165, 1.54) is 11.8 Å². The number of rotatable bonds is 6. The molecule has 0 radical (unpaired) electrons. The maximum atomic E-state index is 11.2. The number of nitrogens with zero attached hydrogens (tertiary/aromatic N) is 3. The number of hydrogen-bond donors (Lipinski definition) is 1. The molecule has 1 atom stereocenters. The van der Waals surface area contributed by atoms with Crippen molar-refractivity contribution in [3.05, 3.63) is 34.3 Å². The molecular formula is C18H29BrN4O2S. The molecule has 1 aliphatic heterocycles. The largest absolute Gasteiger partial charge is 0.356 e. The minimum absolute atomic E-state index is 0.204.